The molecule has 4 rings (SSSR count). The van der Waals surface area contributed by atoms with Crippen LogP contribution in [-0.2, 0) is 15.5 Å². The number of nitrogens with one attached hydrogen (secondary N) is 2. The summed E-state index contributed by atoms with van der Waals surface area (Å²) in [5.74, 6) is 3.00. The highest BCUT2D eigenvalue weighted by atomic mass is 35.5. The first-order valence-corrected chi connectivity index (χ1v) is 18.0. The van der Waals surface area contributed by atoms with Crippen molar-refractivity contribution in [2.24, 2.45) is 5.92 Å². The fraction of sp³-hybridized carbons (Fsp3) is 0.556. The highest BCUT2D eigenvalue weighted by molar-refractivity contribution is 7.85. The Bertz CT molecular complexity index is 1340. The SMILES string of the molecule is CC.CCCOC.Cc1cc(Nc2ncc(Cl)c(Nc3ccccc3S(=O)C(C)C)n2)c(OC(C)C)cc1C1CCC(C)CC1. The zero-order valence-corrected chi connectivity index (χ0v) is 30.6. The minimum Gasteiger partial charge on any atom is -0.489 e. The van der Waals surface area contributed by atoms with E-state index in [-0.39, 0.29) is 11.4 Å². The molecule has 7 nitrogen and oxygen atoms in total. The fourth-order valence-corrected chi connectivity index (χ4v) is 6.32. The van der Waals surface area contributed by atoms with Crippen molar-refractivity contribution in [2.75, 3.05) is 24.4 Å². The van der Waals surface area contributed by atoms with Crippen molar-refractivity contribution in [2.45, 2.75) is 117 Å². The third-order valence-electron chi connectivity index (χ3n) is 7.37. The molecule has 1 fully saturated rings. The molecule has 1 saturated carbocycles. The molecule has 3 aromatic rings. The van der Waals surface area contributed by atoms with Gasteiger partial charge in [0.2, 0.25) is 5.95 Å². The molecule has 0 radical (unpaired) electrons. The minimum absolute atomic E-state index is 0.0151. The van der Waals surface area contributed by atoms with Crippen LogP contribution >= 0.6 is 11.6 Å². The van der Waals surface area contributed by atoms with Crippen LogP contribution in [0.2, 0.25) is 5.02 Å². The van der Waals surface area contributed by atoms with Gasteiger partial charge in [-0.2, -0.15) is 4.98 Å². The van der Waals surface area contributed by atoms with Gasteiger partial charge in [-0.25, -0.2) is 4.98 Å². The van der Waals surface area contributed by atoms with Gasteiger partial charge in [0.15, 0.2) is 5.82 Å². The van der Waals surface area contributed by atoms with Crippen LogP contribution < -0.4 is 15.4 Å². The molecular weight excluding hydrogens is 604 g/mol. The summed E-state index contributed by atoms with van der Waals surface area (Å²) in [6.07, 6.45) is 7.69. The number of para-hydroxylation sites is 1. The van der Waals surface area contributed by atoms with Crippen molar-refractivity contribution < 1.29 is 13.7 Å². The normalized spacial score (nSPS) is 16.6. The van der Waals surface area contributed by atoms with E-state index < -0.39 is 10.8 Å². The number of ether oxygens (including phenoxy) is 2. The molecule has 0 aliphatic heterocycles. The predicted molar refractivity (Wildman–Crippen MR) is 192 cm³/mol. The van der Waals surface area contributed by atoms with Gasteiger partial charge in [0, 0.05) is 19.0 Å². The molecule has 1 aliphatic carbocycles. The number of hydrogen-bond donors (Lipinski definition) is 2. The zero-order valence-electron chi connectivity index (χ0n) is 29.0. The molecule has 2 aromatic carbocycles. The van der Waals surface area contributed by atoms with Gasteiger partial charge in [-0.3, -0.25) is 4.21 Å². The van der Waals surface area contributed by atoms with Crippen LogP contribution in [-0.4, -0.2) is 39.2 Å². The lowest BCUT2D eigenvalue weighted by Gasteiger charge is -2.28. The Labute approximate surface area is 279 Å². The monoisotopic (exact) mass is 658 g/mol. The Kier molecular flexibility index (Phi) is 16.9. The maximum Gasteiger partial charge on any atom is 0.229 e. The molecule has 1 atom stereocenters. The van der Waals surface area contributed by atoms with E-state index in [0.717, 1.165) is 30.4 Å². The van der Waals surface area contributed by atoms with Gasteiger partial charge in [-0.05, 0) is 87.3 Å². The van der Waals surface area contributed by atoms with Gasteiger partial charge in [-0.1, -0.05) is 78.1 Å². The van der Waals surface area contributed by atoms with E-state index >= 15 is 0 Å². The van der Waals surface area contributed by atoms with Gasteiger partial charge in [-0.15, -0.1) is 0 Å². The highest BCUT2D eigenvalue weighted by Gasteiger charge is 2.23. The van der Waals surface area contributed by atoms with E-state index in [2.05, 4.69) is 53.5 Å². The number of aryl methyl sites for hydroxylation is 1. The standard InChI is InChI=1S/C30H39ClN4O2S.C4H10O.C2H6/c1-18(2)37-27-16-23(22-13-11-20(5)12-14-22)21(6)15-26(27)34-30-32-17-24(31)29(35-30)33-25-9-7-8-10-28(25)38(36)19(3)4;1-3-4-5-2;1-2/h7-10,15-20,22H,11-14H2,1-6H3,(H2,32,33,34,35);3-4H2,1-2H3;1-2H3. The molecule has 1 heterocycles. The number of halogens is 1. The number of rotatable bonds is 11. The van der Waals surface area contributed by atoms with Crippen LogP contribution in [0.15, 0.2) is 47.5 Å². The summed E-state index contributed by atoms with van der Waals surface area (Å²) >= 11 is 6.47. The molecule has 1 unspecified atom stereocenters. The van der Waals surface area contributed by atoms with E-state index in [1.165, 1.54) is 36.8 Å². The summed E-state index contributed by atoms with van der Waals surface area (Å²) in [6.45, 7) is 19.4. The van der Waals surface area contributed by atoms with Crippen molar-refractivity contribution in [1.82, 2.24) is 9.97 Å². The van der Waals surface area contributed by atoms with Crippen LogP contribution in [0.1, 0.15) is 105 Å². The first kappa shape index (κ1) is 38.5. The second kappa shape index (κ2) is 19.7. The molecule has 0 spiro atoms. The summed E-state index contributed by atoms with van der Waals surface area (Å²) in [5.41, 5.74) is 4.13. The van der Waals surface area contributed by atoms with Crippen LogP contribution in [0, 0.1) is 12.8 Å². The highest BCUT2D eigenvalue weighted by Crippen LogP contribution is 2.41. The van der Waals surface area contributed by atoms with Crippen molar-refractivity contribution in [3.8, 4) is 5.75 Å². The lowest BCUT2D eigenvalue weighted by atomic mass is 9.78. The number of anilines is 4. The lowest BCUT2D eigenvalue weighted by Crippen LogP contribution is -2.14. The smallest absolute Gasteiger partial charge is 0.229 e. The molecular formula is C36H55ClN4O3S. The number of aromatic nitrogens is 2. The molecule has 45 heavy (non-hydrogen) atoms. The summed E-state index contributed by atoms with van der Waals surface area (Å²) < 4.78 is 23.8. The average Bonchev–Trinajstić information content (AvgIpc) is 3.02. The Balaban J connectivity index is 0.000000917. The number of benzene rings is 2. The second-order valence-corrected chi connectivity index (χ2v) is 14.2. The molecule has 2 N–H and O–H groups in total. The molecule has 1 aliphatic rings. The first-order chi connectivity index (χ1) is 21.5. The van der Waals surface area contributed by atoms with Gasteiger partial charge in [0.1, 0.15) is 10.8 Å². The van der Waals surface area contributed by atoms with Crippen LogP contribution in [0.25, 0.3) is 0 Å². The molecule has 9 heteroatoms. The fourth-order valence-electron chi connectivity index (χ4n) is 5.13. The molecule has 1 aromatic heterocycles. The van der Waals surface area contributed by atoms with Gasteiger partial charge >= 0.3 is 0 Å². The summed E-state index contributed by atoms with van der Waals surface area (Å²) in [6, 6.07) is 11.8. The summed E-state index contributed by atoms with van der Waals surface area (Å²) in [7, 11) is 0.549. The first-order valence-electron chi connectivity index (χ1n) is 16.4. The topological polar surface area (TPSA) is 85.4 Å². The summed E-state index contributed by atoms with van der Waals surface area (Å²) in [5, 5.41) is 6.99. The van der Waals surface area contributed by atoms with Gasteiger partial charge in [0.25, 0.3) is 0 Å². The average molecular weight is 659 g/mol. The van der Waals surface area contributed by atoms with Crippen molar-refractivity contribution in [3.05, 3.63) is 58.7 Å². The number of hydrogen-bond acceptors (Lipinski definition) is 7. The molecule has 0 bridgehead atoms. The van der Waals surface area contributed by atoms with E-state index in [4.69, 9.17) is 21.1 Å². The lowest BCUT2D eigenvalue weighted by molar-refractivity contribution is 0.199. The van der Waals surface area contributed by atoms with Crippen LogP contribution in [0.4, 0.5) is 23.1 Å². The van der Waals surface area contributed by atoms with Crippen molar-refractivity contribution in [3.63, 3.8) is 0 Å². The van der Waals surface area contributed by atoms with Crippen molar-refractivity contribution >= 4 is 45.5 Å². The van der Waals surface area contributed by atoms with E-state index in [0.29, 0.717) is 33.3 Å². The second-order valence-electron chi connectivity index (χ2n) is 11.8. The Morgan fingerprint density at radius 3 is 2.27 bits per heavy atom. The third-order valence-corrected chi connectivity index (χ3v) is 9.29. The Morgan fingerprint density at radius 1 is 1.02 bits per heavy atom. The number of methoxy groups -OCH3 is 1. The molecule has 0 saturated heterocycles. The Morgan fingerprint density at radius 2 is 1.69 bits per heavy atom. The molecule has 0 amide bonds. The predicted octanol–water partition coefficient (Wildman–Crippen LogP) is 10.6. The van der Waals surface area contributed by atoms with Crippen LogP contribution in [0.5, 0.6) is 5.75 Å². The van der Waals surface area contributed by atoms with E-state index in [1.54, 1.807) is 13.3 Å². The van der Waals surface area contributed by atoms with Crippen LogP contribution in [0.3, 0.4) is 0 Å². The summed E-state index contributed by atoms with van der Waals surface area (Å²) in [4.78, 5) is 9.79. The van der Waals surface area contributed by atoms with E-state index in [1.807, 2.05) is 65.8 Å². The maximum atomic E-state index is 12.8. The minimum atomic E-state index is -1.16. The van der Waals surface area contributed by atoms with E-state index in [9.17, 15) is 4.21 Å². The maximum absolute atomic E-state index is 12.8. The van der Waals surface area contributed by atoms with Crippen molar-refractivity contribution in [1.29, 1.82) is 0 Å². The zero-order chi connectivity index (χ0) is 33.5. The molecule has 250 valence electrons. The Hall–Kier alpha value is -2.68. The van der Waals surface area contributed by atoms with Gasteiger partial charge < -0.3 is 20.1 Å². The number of nitrogens with zero attached hydrogens (tertiary/aromatic N) is 2. The van der Waals surface area contributed by atoms with Gasteiger partial charge in [0.05, 0.1) is 39.4 Å². The quantitative estimate of drug-likeness (QED) is 0.212. The third kappa shape index (κ3) is 11.9. The largest absolute Gasteiger partial charge is 0.489 e.